The number of aliphatic hydroxyl groups is 1. The normalized spacial score (nSPS) is 13.8. The van der Waals surface area contributed by atoms with E-state index in [-0.39, 0.29) is 19.1 Å². The summed E-state index contributed by atoms with van der Waals surface area (Å²) >= 11 is 0. The van der Waals surface area contributed by atoms with E-state index in [0.29, 0.717) is 23.9 Å². The Bertz CT molecular complexity index is 1090. The van der Waals surface area contributed by atoms with Gasteiger partial charge in [0.2, 0.25) is 5.91 Å². The molecule has 0 bridgehead atoms. The summed E-state index contributed by atoms with van der Waals surface area (Å²) in [6, 6.07) is -0.794. The number of phosphoric ester groups is 1. The number of amides is 1. The summed E-state index contributed by atoms with van der Waals surface area (Å²) in [6.45, 7) is 4.76. The number of nitrogens with one attached hydrogen (secondary N) is 1. The second kappa shape index (κ2) is 52.4. The molecule has 0 radical (unpaired) electrons. The number of aliphatic hydroxyl groups excluding tert-OH is 1. The Labute approximate surface area is 431 Å². The molecule has 9 heteroatoms. The number of hydrogen-bond donors (Lipinski definition) is 2. The van der Waals surface area contributed by atoms with Crippen LogP contribution in [-0.4, -0.2) is 68.5 Å². The maximum absolute atomic E-state index is 12.9. The van der Waals surface area contributed by atoms with Crippen molar-refractivity contribution in [1.29, 1.82) is 0 Å². The first-order valence-corrected chi connectivity index (χ1v) is 32.3. The van der Waals surface area contributed by atoms with E-state index in [1.54, 1.807) is 0 Å². The molecule has 0 rings (SSSR count). The molecule has 69 heavy (non-hydrogen) atoms. The third-order valence-corrected chi connectivity index (χ3v) is 15.6. The molecule has 3 atom stereocenters. The second-order valence-electron chi connectivity index (χ2n) is 22.8. The molecule has 0 spiro atoms. The van der Waals surface area contributed by atoms with Gasteiger partial charge in [-0.1, -0.05) is 309 Å². The lowest BCUT2D eigenvalue weighted by Gasteiger charge is -2.30. The van der Waals surface area contributed by atoms with Crippen LogP contribution in [0.4, 0.5) is 0 Å². The molecule has 1 amide bonds. The summed E-state index contributed by atoms with van der Waals surface area (Å²) in [4.78, 5) is 25.5. The molecule has 0 aliphatic rings. The quantitative estimate of drug-likeness (QED) is 0.0357. The SMILES string of the molecule is CCCCCCCCCCCCCCCCCCCCCCCCCCCCCCCCCCCCCCC(=O)N[C@@H](COP(=O)([O-])OCC[N+](C)(C)C)[C@H](O)CCCCCCCCCCCCC. The van der Waals surface area contributed by atoms with Crippen molar-refractivity contribution in [2.45, 2.75) is 341 Å². The van der Waals surface area contributed by atoms with Crippen molar-refractivity contribution in [2.24, 2.45) is 0 Å². The van der Waals surface area contributed by atoms with Crippen molar-refractivity contribution >= 4 is 13.7 Å². The summed E-state index contributed by atoms with van der Waals surface area (Å²) in [5.41, 5.74) is 0. The summed E-state index contributed by atoms with van der Waals surface area (Å²) < 4.78 is 23.4. The van der Waals surface area contributed by atoms with Crippen molar-refractivity contribution in [3.05, 3.63) is 0 Å². The highest BCUT2D eigenvalue weighted by molar-refractivity contribution is 7.45. The molecule has 8 nitrogen and oxygen atoms in total. The highest BCUT2D eigenvalue weighted by Gasteiger charge is 2.24. The number of nitrogens with zero attached hydrogens (tertiary/aromatic N) is 1. The van der Waals surface area contributed by atoms with Crippen LogP contribution in [0.3, 0.4) is 0 Å². The lowest BCUT2D eigenvalue weighted by atomic mass is 10.0. The third kappa shape index (κ3) is 55.1. The second-order valence-corrected chi connectivity index (χ2v) is 24.2. The van der Waals surface area contributed by atoms with E-state index in [2.05, 4.69) is 19.2 Å². The van der Waals surface area contributed by atoms with E-state index >= 15 is 0 Å². The monoisotopic (exact) mass is 999 g/mol. The summed E-state index contributed by atoms with van der Waals surface area (Å²) in [5.74, 6) is -0.158. The van der Waals surface area contributed by atoms with Crippen LogP contribution in [0.2, 0.25) is 0 Å². The smallest absolute Gasteiger partial charge is 0.268 e. The minimum atomic E-state index is -4.56. The minimum absolute atomic E-state index is 0.0162. The zero-order valence-electron chi connectivity index (χ0n) is 47.3. The van der Waals surface area contributed by atoms with Crippen LogP contribution >= 0.6 is 7.82 Å². The molecule has 0 heterocycles. The fraction of sp³-hybridized carbons (Fsp3) is 0.983. The van der Waals surface area contributed by atoms with E-state index < -0.39 is 20.0 Å². The van der Waals surface area contributed by atoms with Crippen LogP contribution in [0, 0.1) is 0 Å². The van der Waals surface area contributed by atoms with E-state index in [0.717, 1.165) is 38.5 Å². The van der Waals surface area contributed by atoms with Crippen molar-refractivity contribution < 1.29 is 32.9 Å². The van der Waals surface area contributed by atoms with Gasteiger partial charge in [-0.2, -0.15) is 0 Å². The predicted octanol–water partition coefficient (Wildman–Crippen LogP) is 18.2. The average molecular weight is 1000 g/mol. The van der Waals surface area contributed by atoms with Gasteiger partial charge in [-0.15, -0.1) is 0 Å². The van der Waals surface area contributed by atoms with Crippen LogP contribution in [0.15, 0.2) is 0 Å². The van der Waals surface area contributed by atoms with Gasteiger partial charge in [0.25, 0.3) is 7.82 Å². The Hall–Kier alpha value is -0.500. The molecule has 0 saturated heterocycles. The van der Waals surface area contributed by atoms with Crippen LogP contribution in [0.25, 0.3) is 0 Å². The number of carbonyl (C=O) groups is 1. The molecule has 0 aliphatic heterocycles. The van der Waals surface area contributed by atoms with E-state index in [1.807, 2.05) is 21.1 Å². The van der Waals surface area contributed by atoms with Gasteiger partial charge in [0.05, 0.1) is 39.9 Å². The van der Waals surface area contributed by atoms with Crippen LogP contribution in [0.1, 0.15) is 328 Å². The topological polar surface area (TPSA) is 108 Å². The van der Waals surface area contributed by atoms with Gasteiger partial charge in [0.15, 0.2) is 0 Å². The average Bonchev–Trinajstić information content (AvgIpc) is 3.31. The van der Waals surface area contributed by atoms with Crippen LogP contribution in [-0.2, 0) is 18.4 Å². The Morgan fingerprint density at radius 2 is 0.710 bits per heavy atom. The molecule has 0 saturated carbocycles. The van der Waals surface area contributed by atoms with Gasteiger partial charge < -0.3 is 28.8 Å². The molecule has 2 N–H and O–H groups in total. The third-order valence-electron chi connectivity index (χ3n) is 14.6. The van der Waals surface area contributed by atoms with Crippen molar-refractivity contribution in [3.8, 4) is 0 Å². The number of likely N-dealkylation sites (N-methyl/N-ethyl adjacent to an activating group) is 1. The van der Waals surface area contributed by atoms with Crippen LogP contribution < -0.4 is 10.2 Å². The van der Waals surface area contributed by atoms with Gasteiger partial charge in [0, 0.05) is 6.42 Å². The lowest BCUT2D eigenvalue weighted by Crippen LogP contribution is -2.46. The van der Waals surface area contributed by atoms with Crippen molar-refractivity contribution in [3.63, 3.8) is 0 Å². The highest BCUT2D eigenvalue weighted by atomic mass is 31.2. The molecule has 0 aromatic heterocycles. The van der Waals surface area contributed by atoms with E-state index in [1.165, 1.54) is 263 Å². The molecule has 1 unspecified atom stereocenters. The van der Waals surface area contributed by atoms with Gasteiger partial charge >= 0.3 is 0 Å². The Balaban J connectivity index is 3.81. The van der Waals surface area contributed by atoms with Gasteiger partial charge in [0.1, 0.15) is 13.2 Å². The summed E-state index contributed by atoms with van der Waals surface area (Å²) in [7, 11) is 1.32. The summed E-state index contributed by atoms with van der Waals surface area (Å²) in [6.07, 6.45) is 63.3. The number of phosphoric acid groups is 1. The Morgan fingerprint density at radius 3 is 0.986 bits per heavy atom. The van der Waals surface area contributed by atoms with E-state index in [4.69, 9.17) is 9.05 Å². The molecular weight excluding hydrogens is 876 g/mol. The van der Waals surface area contributed by atoms with E-state index in [9.17, 15) is 19.4 Å². The molecular formula is C60H123N2O6P. The van der Waals surface area contributed by atoms with Crippen LogP contribution in [0.5, 0.6) is 0 Å². The first kappa shape index (κ1) is 68.5. The van der Waals surface area contributed by atoms with Crippen molar-refractivity contribution in [2.75, 3.05) is 40.9 Å². The first-order chi connectivity index (χ1) is 33.5. The van der Waals surface area contributed by atoms with Gasteiger partial charge in [-0.05, 0) is 12.8 Å². The molecule has 0 aliphatic carbocycles. The number of hydrogen-bond acceptors (Lipinski definition) is 6. The zero-order chi connectivity index (χ0) is 50.6. The molecule has 414 valence electrons. The Morgan fingerprint density at radius 1 is 0.449 bits per heavy atom. The Kier molecular flexibility index (Phi) is 52.0. The standard InChI is InChI=1S/C60H123N2O6P/c1-6-8-10-12-14-16-18-19-20-21-22-23-24-25-26-27-28-29-30-31-32-33-34-35-36-37-38-39-40-41-42-44-46-48-50-52-54-60(64)61-58(57-68-69(65,66)67-56-55-62(3,4)5)59(63)53-51-49-47-45-43-17-15-13-11-9-7-2/h58-59,63H,6-57H2,1-5H3,(H-,61,64,65,66)/t58-,59+/m0/s1. The lowest BCUT2D eigenvalue weighted by molar-refractivity contribution is -0.870. The minimum Gasteiger partial charge on any atom is -0.756 e. The fourth-order valence-corrected chi connectivity index (χ4v) is 10.5. The fourth-order valence-electron chi connectivity index (χ4n) is 9.75. The summed E-state index contributed by atoms with van der Waals surface area (Å²) in [5, 5.41) is 14.0. The number of quaternary nitrogens is 1. The first-order valence-electron chi connectivity index (χ1n) is 30.9. The highest BCUT2D eigenvalue weighted by Crippen LogP contribution is 2.38. The number of rotatable bonds is 58. The zero-order valence-corrected chi connectivity index (χ0v) is 48.2. The maximum atomic E-state index is 12.9. The molecule has 0 aromatic rings. The maximum Gasteiger partial charge on any atom is 0.268 e. The molecule has 0 aromatic carbocycles. The number of unbranched alkanes of at least 4 members (excludes halogenated alkanes) is 45. The number of carbonyl (C=O) groups excluding carboxylic acids is 1. The van der Waals surface area contributed by atoms with Gasteiger partial charge in [-0.25, -0.2) is 0 Å². The van der Waals surface area contributed by atoms with Crippen molar-refractivity contribution in [1.82, 2.24) is 5.32 Å². The molecule has 0 fully saturated rings. The van der Waals surface area contributed by atoms with Gasteiger partial charge in [-0.3, -0.25) is 9.36 Å². The largest absolute Gasteiger partial charge is 0.756 e. The predicted molar refractivity (Wildman–Crippen MR) is 298 cm³/mol.